The molecule has 0 saturated carbocycles. The van der Waals surface area contributed by atoms with Crippen LogP contribution >= 0.6 is 11.8 Å². The van der Waals surface area contributed by atoms with Crippen LogP contribution in [0.25, 0.3) is 11.2 Å². The standard InChI is InChI=1S/C33H35N5O4S/c1-41-18-26-29(39)30(40)33(42-26)38-21-35-28-31(36-27(37-32(28)38)20-43-19-22-11-5-2-6-12-22)34-17-25(23-13-7-3-8-14-23)24-15-9-4-10-16-24/h2-16,21,25-26,29-30,33,39-40H,17-20H2,1H3,(H,34,36,37)/t26-,29-,30-,33-/m1/s1. The van der Waals surface area contributed by atoms with Crippen molar-refractivity contribution < 1.29 is 19.7 Å². The number of hydrogen-bond acceptors (Lipinski definition) is 9. The number of imidazole rings is 1. The molecule has 222 valence electrons. The Labute approximate surface area is 254 Å². The molecule has 3 aromatic carbocycles. The summed E-state index contributed by atoms with van der Waals surface area (Å²) < 4.78 is 12.9. The Kier molecular flexibility index (Phi) is 9.30. The van der Waals surface area contributed by atoms with Crippen molar-refractivity contribution in [2.75, 3.05) is 25.6 Å². The van der Waals surface area contributed by atoms with Gasteiger partial charge in [0.2, 0.25) is 0 Å². The molecule has 10 heteroatoms. The molecule has 9 nitrogen and oxygen atoms in total. The number of aromatic nitrogens is 4. The van der Waals surface area contributed by atoms with Gasteiger partial charge < -0.3 is 25.0 Å². The van der Waals surface area contributed by atoms with Gasteiger partial charge in [-0.25, -0.2) is 15.0 Å². The van der Waals surface area contributed by atoms with E-state index in [1.807, 2.05) is 30.3 Å². The largest absolute Gasteiger partial charge is 0.387 e. The normalized spacial score (nSPS) is 20.2. The highest BCUT2D eigenvalue weighted by molar-refractivity contribution is 7.97. The molecule has 2 aromatic heterocycles. The number of methoxy groups -OCH3 is 1. The second-order valence-electron chi connectivity index (χ2n) is 10.5. The second kappa shape index (κ2) is 13.7. The van der Waals surface area contributed by atoms with E-state index in [1.165, 1.54) is 23.8 Å². The number of ether oxygens (including phenoxy) is 2. The molecule has 3 N–H and O–H groups in total. The predicted octanol–water partition coefficient (Wildman–Crippen LogP) is 4.77. The summed E-state index contributed by atoms with van der Waals surface area (Å²) in [7, 11) is 1.53. The maximum absolute atomic E-state index is 10.9. The number of aliphatic hydroxyl groups excluding tert-OH is 2. The van der Waals surface area contributed by atoms with Crippen LogP contribution in [0.5, 0.6) is 0 Å². The maximum atomic E-state index is 10.9. The molecular formula is C33H35N5O4S. The molecule has 4 atom stereocenters. The highest BCUT2D eigenvalue weighted by atomic mass is 32.2. The van der Waals surface area contributed by atoms with Crippen molar-refractivity contribution in [3.8, 4) is 0 Å². The monoisotopic (exact) mass is 597 g/mol. The smallest absolute Gasteiger partial charge is 0.168 e. The lowest BCUT2D eigenvalue weighted by Crippen LogP contribution is -2.33. The van der Waals surface area contributed by atoms with Crippen LogP contribution in [0.3, 0.4) is 0 Å². The van der Waals surface area contributed by atoms with Gasteiger partial charge in [-0.2, -0.15) is 0 Å². The van der Waals surface area contributed by atoms with Crippen LogP contribution in [-0.4, -0.2) is 68.3 Å². The number of benzene rings is 3. The molecule has 0 spiro atoms. The summed E-state index contributed by atoms with van der Waals surface area (Å²) >= 11 is 1.72. The summed E-state index contributed by atoms with van der Waals surface area (Å²) in [5.41, 5.74) is 4.70. The molecule has 0 amide bonds. The zero-order chi connectivity index (χ0) is 29.6. The fraction of sp³-hybridized carbons (Fsp3) is 0.303. The first-order chi connectivity index (χ1) is 21.1. The van der Waals surface area contributed by atoms with E-state index in [1.54, 1.807) is 22.7 Å². The van der Waals surface area contributed by atoms with Crippen molar-refractivity contribution in [1.29, 1.82) is 0 Å². The van der Waals surface area contributed by atoms with Crippen molar-refractivity contribution in [1.82, 2.24) is 19.5 Å². The number of nitrogens with one attached hydrogen (secondary N) is 1. The molecule has 1 saturated heterocycles. The number of thioether (sulfide) groups is 1. The van der Waals surface area contributed by atoms with Crippen molar-refractivity contribution in [2.45, 2.75) is 42.0 Å². The van der Waals surface area contributed by atoms with Gasteiger partial charge in [0.05, 0.1) is 18.7 Å². The molecule has 0 unspecified atom stereocenters. The van der Waals surface area contributed by atoms with Gasteiger partial charge in [-0.05, 0) is 16.7 Å². The maximum Gasteiger partial charge on any atom is 0.168 e. The quantitative estimate of drug-likeness (QED) is 0.187. The molecule has 1 aliphatic heterocycles. The van der Waals surface area contributed by atoms with E-state index in [0.717, 1.165) is 5.75 Å². The molecule has 0 aliphatic carbocycles. The van der Waals surface area contributed by atoms with E-state index in [0.29, 0.717) is 35.1 Å². The first-order valence-corrected chi connectivity index (χ1v) is 15.5. The van der Waals surface area contributed by atoms with Gasteiger partial charge in [0, 0.05) is 25.3 Å². The Morgan fingerprint density at radius 3 is 2.19 bits per heavy atom. The highest BCUT2D eigenvalue weighted by Gasteiger charge is 2.44. The average molecular weight is 598 g/mol. The fourth-order valence-electron chi connectivity index (χ4n) is 5.43. The third-order valence-electron chi connectivity index (χ3n) is 7.63. The molecule has 3 heterocycles. The predicted molar refractivity (Wildman–Crippen MR) is 168 cm³/mol. The Morgan fingerprint density at radius 1 is 0.884 bits per heavy atom. The fourth-order valence-corrected chi connectivity index (χ4v) is 6.27. The van der Waals surface area contributed by atoms with Crippen molar-refractivity contribution in [3.05, 3.63) is 120 Å². The molecule has 43 heavy (non-hydrogen) atoms. The first-order valence-electron chi connectivity index (χ1n) is 14.3. The van der Waals surface area contributed by atoms with Gasteiger partial charge >= 0.3 is 0 Å². The van der Waals surface area contributed by atoms with Crippen molar-refractivity contribution in [3.63, 3.8) is 0 Å². The van der Waals surface area contributed by atoms with Crippen LogP contribution in [0.2, 0.25) is 0 Å². The third-order valence-corrected chi connectivity index (χ3v) is 8.63. The van der Waals surface area contributed by atoms with Crippen LogP contribution in [0, 0.1) is 0 Å². The molecule has 0 radical (unpaired) electrons. The van der Waals surface area contributed by atoms with Crippen LogP contribution in [-0.2, 0) is 21.0 Å². The zero-order valence-corrected chi connectivity index (χ0v) is 24.7. The molecule has 1 fully saturated rings. The summed E-state index contributed by atoms with van der Waals surface area (Å²) in [6.45, 7) is 0.742. The number of hydrogen-bond donors (Lipinski definition) is 3. The molecular weight excluding hydrogens is 562 g/mol. The van der Waals surface area contributed by atoms with Crippen LogP contribution in [0.15, 0.2) is 97.3 Å². The van der Waals surface area contributed by atoms with Crippen LogP contribution < -0.4 is 5.32 Å². The van der Waals surface area contributed by atoms with E-state index < -0.39 is 24.5 Å². The van der Waals surface area contributed by atoms with E-state index in [4.69, 9.17) is 19.4 Å². The van der Waals surface area contributed by atoms with Gasteiger partial charge in [0.15, 0.2) is 23.2 Å². The summed E-state index contributed by atoms with van der Waals surface area (Å²) in [6, 6.07) is 31.1. The summed E-state index contributed by atoms with van der Waals surface area (Å²) in [6.07, 6.45) is -2.21. The Bertz CT molecular complexity index is 1570. The number of rotatable bonds is 12. The Balaban J connectivity index is 1.32. The Morgan fingerprint density at radius 2 is 1.53 bits per heavy atom. The second-order valence-corrected chi connectivity index (χ2v) is 11.5. The molecule has 0 bridgehead atoms. The number of aliphatic hydroxyl groups is 2. The van der Waals surface area contributed by atoms with Crippen LogP contribution in [0.1, 0.15) is 34.7 Å². The number of nitrogens with zero attached hydrogens (tertiary/aromatic N) is 4. The minimum Gasteiger partial charge on any atom is -0.387 e. The summed E-state index contributed by atoms with van der Waals surface area (Å²) in [5.74, 6) is 2.72. The summed E-state index contributed by atoms with van der Waals surface area (Å²) in [4.78, 5) is 14.4. The minimum atomic E-state index is -1.17. The van der Waals surface area contributed by atoms with Gasteiger partial charge in [-0.1, -0.05) is 91.0 Å². The average Bonchev–Trinajstić information content (AvgIpc) is 3.59. The lowest BCUT2D eigenvalue weighted by Gasteiger charge is -2.20. The van der Waals surface area contributed by atoms with Gasteiger partial charge in [0.25, 0.3) is 0 Å². The Hall–Kier alpha value is -3.80. The van der Waals surface area contributed by atoms with E-state index in [2.05, 4.69) is 71.0 Å². The SMILES string of the molecule is COC[C@H]1O[C@@H](n2cnc3c(NCC(c4ccccc4)c4ccccc4)nc(CSCc4ccccc4)nc32)[C@H](O)[C@@H]1O. The third kappa shape index (κ3) is 6.58. The molecule has 5 aromatic rings. The molecule has 1 aliphatic rings. The zero-order valence-electron chi connectivity index (χ0n) is 23.9. The van der Waals surface area contributed by atoms with E-state index in [-0.39, 0.29) is 12.5 Å². The van der Waals surface area contributed by atoms with Gasteiger partial charge in [-0.3, -0.25) is 4.57 Å². The van der Waals surface area contributed by atoms with Crippen LogP contribution in [0.4, 0.5) is 5.82 Å². The highest BCUT2D eigenvalue weighted by Crippen LogP contribution is 2.34. The topological polar surface area (TPSA) is 115 Å². The molecule has 6 rings (SSSR count). The number of fused-ring (bicyclic) bond motifs is 1. The minimum absolute atomic E-state index is 0.0790. The van der Waals surface area contributed by atoms with E-state index in [9.17, 15) is 10.2 Å². The van der Waals surface area contributed by atoms with E-state index >= 15 is 0 Å². The van der Waals surface area contributed by atoms with Crippen molar-refractivity contribution in [2.24, 2.45) is 0 Å². The number of anilines is 1. The van der Waals surface area contributed by atoms with Gasteiger partial charge in [-0.15, -0.1) is 11.8 Å². The first kappa shape index (κ1) is 29.3. The van der Waals surface area contributed by atoms with Gasteiger partial charge in [0.1, 0.15) is 24.1 Å². The van der Waals surface area contributed by atoms with Crippen molar-refractivity contribution >= 4 is 28.7 Å². The lowest BCUT2D eigenvalue weighted by molar-refractivity contribution is -0.0580. The lowest BCUT2D eigenvalue weighted by atomic mass is 9.91. The summed E-state index contributed by atoms with van der Waals surface area (Å²) in [5, 5.41) is 25.0.